The molecule has 0 unspecified atom stereocenters. The van der Waals surface area contributed by atoms with Gasteiger partial charge in [-0.05, 0) is 0 Å². The van der Waals surface area contributed by atoms with Crippen LogP contribution in [0.1, 0.15) is 5.56 Å². The molecule has 50 valence electrons. The third-order valence-electron chi connectivity index (χ3n) is 1.26. The molecule has 0 fully saturated rings. The SMILES string of the molecule is C#C[Se]c1ccccc1C. The van der Waals surface area contributed by atoms with Crippen molar-refractivity contribution in [3.63, 3.8) is 0 Å². The Hall–Kier alpha value is -0.701. The first-order chi connectivity index (χ1) is 4.84. The van der Waals surface area contributed by atoms with Gasteiger partial charge >= 0.3 is 67.4 Å². The summed E-state index contributed by atoms with van der Waals surface area (Å²) >= 11 is 0.228. The Morgan fingerprint density at radius 3 is 2.70 bits per heavy atom. The van der Waals surface area contributed by atoms with E-state index in [1.165, 1.54) is 10.0 Å². The summed E-state index contributed by atoms with van der Waals surface area (Å²) in [6.07, 6.45) is 5.21. The van der Waals surface area contributed by atoms with Crippen LogP contribution >= 0.6 is 0 Å². The zero-order chi connectivity index (χ0) is 7.40. The quantitative estimate of drug-likeness (QED) is 0.461. The van der Waals surface area contributed by atoms with Crippen molar-refractivity contribution in [1.82, 2.24) is 0 Å². The molecule has 0 aliphatic heterocycles. The average Bonchev–Trinajstić information content (AvgIpc) is 1.94. The Kier molecular flexibility index (Phi) is 2.57. The molecule has 1 aromatic rings. The summed E-state index contributed by atoms with van der Waals surface area (Å²) in [4.78, 5) is 2.69. The van der Waals surface area contributed by atoms with Gasteiger partial charge in [0.15, 0.2) is 0 Å². The number of terminal acetylenes is 1. The number of benzene rings is 1. The predicted molar refractivity (Wildman–Crippen MR) is 45.4 cm³/mol. The summed E-state index contributed by atoms with van der Waals surface area (Å²) in [5.41, 5.74) is 1.31. The Balaban J connectivity index is 2.94. The summed E-state index contributed by atoms with van der Waals surface area (Å²) in [5, 5.41) is 0. The molecule has 1 heteroatoms. The van der Waals surface area contributed by atoms with Gasteiger partial charge in [0.25, 0.3) is 0 Å². The molecule has 0 nitrogen and oxygen atoms in total. The van der Waals surface area contributed by atoms with Gasteiger partial charge < -0.3 is 0 Å². The molecule has 10 heavy (non-hydrogen) atoms. The molecule has 0 saturated carbocycles. The molecule has 1 aromatic carbocycles. The van der Waals surface area contributed by atoms with E-state index in [2.05, 4.69) is 23.9 Å². The summed E-state index contributed by atoms with van der Waals surface area (Å²) in [6, 6.07) is 8.25. The van der Waals surface area contributed by atoms with Crippen molar-refractivity contribution in [2.45, 2.75) is 6.92 Å². The summed E-state index contributed by atoms with van der Waals surface area (Å²) in [6.45, 7) is 2.09. The minimum absolute atomic E-state index is 0.228. The van der Waals surface area contributed by atoms with Gasteiger partial charge in [-0.2, -0.15) is 0 Å². The van der Waals surface area contributed by atoms with Crippen LogP contribution in [0.25, 0.3) is 0 Å². The fraction of sp³-hybridized carbons (Fsp3) is 0.111. The van der Waals surface area contributed by atoms with Crippen LogP contribution < -0.4 is 4.46 Å². The zero-order valence-corrected chi connectivity index (χ0v) is 7.51. The van der Waals surface area contributed by atoms with Gasteiger partial charge in [-0.1, -0.05) is 0 Å². The van der Waals surface area contributed by atoms with E-state index in [1.54, 1.807) is 0 Å². The van der Waals surface area contributed by atoms with Crippen molar-refractivity contribution in [2.24, 2.45) is 0 Å². The van der Waals surface area contributed by atoms with Crippen molar-refractivity contribution in [1.29, 1.82) is 0 Å². The van der Waals surface area contributed by atoms with Crippen molar-refractivity contribution in [3.05, 3.63) is 29.8 Å². The maximum absolute atomic E-state index is 5.21. The van der Waals surface area contributed by atoms with Gasteiger partial charge in [0.1, 0.15) is 0 Å². The first-order valence-corrected chi connectivity index (χ1v) is 4.74. The molecule has 0 amide bonds. The number of hydrogen-bond acceptors (Lipinski definition) is 0. The maximum atomic E-state index is 5.21. The third kappa shape index (κ3) is 1.64. The second-order valence-corrected chi connectivity index (χ2v) is 3.83. The van der Waals surface area contributed by atoms with E-state index >= 15 is 0 Å². The molecule has 0 atom stereocenters. The summed E-state index contributed by atoms with van der Waals surface area (Å²) in [5.74, 6) is 0. The van der Waals surface area contributed by atoms with Crippen molar-refractivity contribution in [2.75, 3.05) is 0 Å². The number of hydrogen-bond donors (Lipinski definition) is 0. The van der Waals surface area contributed by atoms with Crippen LogP contribution in [0, 0.1) is 18.2 Å². The van der Waals surface area contributed by atoms with Gasteiger partial charge in [-0.25, -0.2) is 0 Å². The Bertz CT molecular complexity index is 258. The van der Waals surface area contributed by atoms with E-state index in [0.29, 0.717) is 0 Å². The topological polar surface area (TPSA) is 0 Å². The number of rotatable bonds is 1. The van der Waals surface area contributed by atoms with E-state index < -0.39 is 0 Å². The zero-order valence-electron chi connectivity index (χ0n) is 5.79. The van der Waals surface area contributed by atoms with E-state index in [1.807, 2.05) is 12.1 Å². The normalized spacial score (nSPS) is 8.80. The van der Waals surface area contributed by atoms with Crippen LogP contribution in [0.3, 0.4) is 0 Å². The first-order valence-electron chi connectivity index (χ1n) is 3.02. The summed E-state index contributed by atoms with van der Waals surface area (Å²) in [7, 11) is 0. The third-order valence-corrected chi connectivity index (χ3v) is 2.93. The standard InChI is InChI=1S/C9H8Se/c1-3-10-9-7-5-4-6-8(9)2/h1,4-7H,2H3. The van der Waals surface area contributed by atoms with Gasteiger partial charge in [-0.15, -0.1) is 0 Å². The monoisotopic (exact) mass is 196 g/mol. The first kappa shape index (κ1) is 7.41. The van der Waals surface area contributed by atoms with Crippen molar-refractivity contribution < 1.29 is 0 Å². The van der Waals surface area contributed by atoms with E-state index in [0.717, 1.165) is 0 Å². The minimum atomic E-state index is 0.228. The molecule has 0 saturated heterocycles. The van der Waals surface area contributed by atoms with Crippen LogP contribution in [-0.4, -0.2) is 15.0 Å². The molecular weight excluding hydrogens is 187 g/mol. The number of aryl methyl sites for hydroxylation is 1. The van der Waals surface area contributed by atoms with Crippen LogP contribution in [-0.2, 0) is 0 Å². The Labute approximate surface area is 67.8 Å². The average molecular weight is 195 g/mol. The molecular formula is C9H8Se. The molecule has 0 heterocycles. The predicted octanol–water partition coefficient (Wildman–Crippen LogP) is 0.915. The Morgan fingerprint density at radius 2 is 2.10 bits per heavy atom. The van der Waals surface area contributed by atoms with Gasteiger partial charge in [-0.3, -0.25) is 0 Å². The molecule has 0 N–H and O–H groups in total. The van der Waals surface area contributed by atoms with E-state index in [9.17, 15) is 0 Å². The van der Waals surface area contributed by atoms with Crippen molar-refractivity contribution >= 4 is 19.4 Å². The van der Waals surface area contributed by atoms with E-state index in [-0.39, 0.29) is 15.0 Å². The van der Waals surface area contributed by atoms with E-state index in [4.69, 9.17) is 6.42 Å². The van der Waals surface area contributed by atoms with Gasteiger partial charge in [0.2, 0.25) is 0 Å². The van der Waals surface area contributed by atoms with Crippen LogP contribution in [0.5, 0.6) is 0 Å². The molecule has 0 aromatic heterocycles. The van der Waals surface area contributed by atoms with Crippen LogP contribution in [0.4, 0.5) is 0 Å². The Morgan fingerprint density at radius 1 is 1.40 bits per heavy atom. The fourth-order valence-corrected chi connectivity index (χ4v) is 1.79. The molecule has 0 radical (unpaired) electrons. The van der Waals surface area contributed by atoms with Crippen molar-refractivity contribution in [3.8, 4) is 11.2 Å². The molecule has 0 spiro atoms. The molecule has 0 bridgehead atoms. The second kappa shape index (κ2) is 3.46. The summed E-state index contributed by atoms with van der Waals surface area (Å²) < 4.78 is 1.32. The molecule has 1 rings (SSSR count). The van der Waals surface area contributed by atoms with Gasteiger partial charge in [0, 0.05) is 0 Å². The van der Waals surface area contributed by atoms with Gasteiger partial charge in [0.05, 0.1) is 0 Å². The van der Waals surface area contributed by atoms with Crippen LogP contribution in [0.15, 0.2) is 24.3 Å². The second-order valence-electron chi connectivity index (χ2n) is 1.99. The molecule has 0 aliphatic rings. The molecule has 0 aliphatic carbocycles. The fourth-order valence-electron chi connectivity index (χ4n) is 0.734. The van der Waals surface area contributed by atoms with Crippen LogP contribution in [0.2, 0.25) is 0 Å².